The van der Waals surface area contributed by atoms with Crippen molar-refractivity contribution in [3.8, 4) is 11.5 Å². The lowest BCUT2D eigenvalue weighted by Gasteiger charge is -2.25. The van der Waals surface area contributed by atoms with Gasteiger partial charge in [-0.25, -0.2) is 4.98 Å². The predicted molar refractivity (Wildman–Crippen MR) is 103 cm³/mol. The topological polar surface area (TPSA) is 91.4 Å². The van der Waals surface area contributed by atoms with E-state index < -0.39 is 6.10 Å². The highest BCUT2D eigenvalue weighted by atomic mass is 16.6. The molecule has 3 N–H and O–H groups in total. The Morgan fingerprint density at radius 2 is 2.11 bits per heavy atom. The molecule has 2 heterocycles. The molecule has 3 aromatic rings. The maximum Gasteiger partial charge on any atom is 0.264 e. The second-order valence-electron chi connectivity index (χ2n) is 6.59. The van der Waals surface area contributed by atoms with Crippen molar-refractivity contribution in [1.82, 2.24) is 14.9 Å². The first-order valence-electron chi connectivity index (χ1n) is 8.99. The van der Waals surface area contributed by atoms with Crippen LogP contribution in [-0.4, -0.2) is 34.7 Å². The third-order valence-corrected chi connectivity index (χ3v) is 4.67. The van der Waals surface area contributed by atoms with Crippen LogP contribution in [-0.2, 0) is 18.3 Å². The number of nitrogen functional groups attached to an aromatic ring is 1. The summed E-state index contributed by atoms with van der Waals surface area (Å²) in [6.07, 6.45) is 0.914. The normalized spacial score (nSPS) is 15.7. The number of hydrogen-bond donors (Lipinski definition) is 2. The molecule has 140 valence electrons. The number of carbonyl (C=O) groups excluding carboxylic acids is 1. The van der Waals surface area contributed by atoms with E-state index in [1.54, 1.807) is 6.07 Å². The molecule has 0 spiro atoms. The second-order valence-corrected chi connectivity index (χ2v) is 6.59. The number of nitrogens with one attached hydrogen (secondary N) is 1. The van der Waals surface area contributed by atoms with E-state index >= 15 is 0 Å². The zero-order valence-corrected chi connectivity index (χ0v) is 15.1. The van der Waals surface area contributed by atoms with Gasteiger partial charge >= 0.3 is 0 Å². The van der Waals surface area contributed by atoms with Crippen LogP contribution in [0.3, 0.4) is 0 Å². The fraction of sp³-hybridized carbons (Fsp3) is 0.300. The average Bonchev–Trinajstić information content (AvgIpc) is 2.99. The number of imidazole rings is 1. The lowest BCUT2D eigenvalue weighted by atomic mass is 10.2. The summed E-state index contributed by atoms with van der Waals surface area (Å²) in [5, 5.41) is 2.91. The van der Waals surface area contributed by atoms with E-state index in [0.717, 1.165) is 29.7 Å². The van der Waals surface area contributed by atoms with Crippen LogP contribution in [0.1, 0.15) is 12.2 Å². The fourth-order valence-electron chi connectivity index (χ4n) is 3.21. The Morgan fingerprint density at radius 1 is 1.30 bits per heavy atom. The Morgan fingerprint density at radius 3 is 2.96 bits per heavy atom. The van der Waals surface area contributed by atoms with E-state index in [4.69, 9.17) is 15.2 Å². The van der Waals surface area contributed by atoms with Gasteiger partial charge in [-0.3, -0.25) is 4.79 Å². The monoisotopic (exact) mass is 366 g/mol. The Hall–Kier alpha value is -3.22. The van der Waals surface area contributed by atoms with Gasteiger partial charge < -0.3 is 25.1 Å². The van der Waals surface area contributed by atoms with E-state index in [2.05, 4.69) is 14.9 Å². The minimum atomic E-state index is -0.626. The van der Waals surface area contributed by atoms with Crippen molar-refractivity contribution in [3.05, 3.63) is 48.3 Å². The zero-order chi connectivity index (χ0) is 18.8. The Kier molecular flexibility index (Phi) is 4.58. The number of nitrogens with two attached hydrogens (primary N) is 1. The lowest BCUT2D eigenvalue weighted by Crippen LogP contribution is -2.44. The summed E-state index contributed by atoms with van der Waals surface area (Å²) in [4.78, 5) is 16.9. The maximum atomic E-state index is 12.3. The smallest absolute Gasteiger partial charge is 0.264 e. The fourth-order valence-corrected chi connectivity index (χ4v) is 3.21. The number of benzene rings is 2. The lowest BCUT2D eigenvalue weighted by molar-refractivity contribution is -0.130. The van der Waals surface area contributed by atoms with Gasteiger partial charge in [0.2, 0.25) is 6.10 Å². The van der Waals surface area contributed by atoms with Gasteiger partial charge in [-0.1, -0.05) is 12.1 Å². The van der Waals surface area contributed by atoms with E-state index in [-0.39, 0.29) is 12.5 Å². The number of ether oxygens (including phenoxy) is 2. The van der Waals surface area contributed by atoms with Crippen LogP contribution >= 0.6 is 0 Å². The molecule has 0 bridgehead atoms. The molecular formula is C20H22N4O3. The molecule has 7 nitrogen and oxygen atoms in total. The molecule has 0 radical (unpaired) electrons. The van der Waals surface area contributed by atoms with Crippen LogP contribution < -0.4 is 20.5 Å². The molecular weight excluding hydrogens is 344 g/mol. The predicted octanol–water partition coefficient (Wildman–Crippen LogP) is 2.04. The Balaban J connectivity index is 1.29. The van der Waals surface area contributed by atoms with Crippen molar-refractivity contribution in [3.63, 3.8) is 0 Å². The second kappa shape index (κ2) is 7.19. The summed E-state index contributed by atoms with van der Waals surface area (Å²) in [6.45, 7) is 0.765. The van der Waals surface area contributed by atoms with Gasteiger partial charge in [0.05, 0.1) is 11.0 Å². The van der Waals surface area contributed by atoms with Gasteiger partial charge in [-0.15, -0.1) is 0 Å². The third kappa shape index (κ3) is 3.53. The van der Waals surface area contributed by atoms with Crippen LogP contribution in [0.5, 0.6) is 11.5 Å². The van der Waals surface area contributed by atoms with E-state index in [1.807, 2.05) is 43.4 Å². The summed E-state index contributed by atoms with van der Waals surface area (Å²) >= 11 is 0. The maximum absolute atomic E-state index is 12.3. The molecule has 1 atom stereocenters. The number of anilines is 1. The van der Waals surface area contributed by atoms with Gasteiger partial charge in [0, 0.05) is 25.7 Å². The van der Waals surface area contributed by atoms with Crippen LogP contribution in [0.2, 0.25) is 0 Å². The molecule has 0 fully saturated rings. The molecule has 4 rings (SSSR count). The number of fused-ring (bicyclic) bond motifs is 2. The van der Waals surface area contributed by atoms with Gasteiger partial charge in [-0.05, 0) is 36.8 Å². The van der Waals surface area contributed by atoms with E-state index in [1.165, 1.54) is 0 Å². The molecule has 1 amide bonds. The first-order chi connectivity index (χ1) is 13.1. The van der Waals surface area contributed by atoms with Crippen LogP contribution in [0.4, 0.5) is 5.69 Å². The average molecular weight is 366 g/mol. The highest BCUT2D eigenvalue weighted by Gasteiger charge is 2.26. The summed E-state index contributed by atoms with van der Waals surface area (Å²) in [7, 11) is 1.99. The minimum absolute atomic E-state index is 0.165. The minimum Gasteiger partial charge on any atom is -0.485 e. The van der Waals surface area contributed by atoms with Crippen molar-refractivity contribution < 1.29 is 14.3 Å². The highest BCUT2D eigenvalue weighted by molar-refractivity contribution is 5.82. The number of nitrogens with zero attached hydrogens (tertiary/aromatic N) is 2. The number of aryl methyl sites for hydroxylation is 2. The Bertz CT molecular complexity index is 983. The van der Waals surface area contributed by atoms with E-state index in [0.29, 0.717) is 23.7 Å². The summed E-state index contributed by atoms with van der Waals surface area (Å²) in [5.74, 6) is 2.07. The van der Waals surface area contributed by atoms with Crippen molar-refractivity contribution in [2.75, 3.05) is 18.9 Å². The molecule has 0 unspecified atom stereocenters. The molecule has 2 aromatic carbocycles. The molecule has 0 saturated heterocycles. The number of rotatable bonds is 5. The van der Waals surface area contributed by atoms with Crippen LogP contribution in [0, 0.1) is 0 Å². The van der Waals surface area contributed by atoms with Crippen molar-refractivity contribution in [1.29, 1.82) is 0 Å². The number of amides is 1. The molecule has 27 heavy (non-hydrogen) atoms. The number of hydrogen-bond acceptors (Lipinski definition) is 5. The van der Waals surface area contributed by atoms with Crippen molar-refractivity contribution >= 4 is 22.6 Å². The number of aromatic nitrogens is 2. The van der Waals surface area contributed by atoms with Gasteiger partial charge in [0.1, 0.15) is 12.4 Å². The molecule has 0 saturated carbocycles. The summed E-state index contributed by atoms with van der Waals surface area (Å²) in [6, 6.07) is 13.1. The standard InChI is InChI=1S/C20H22N4O3/c1-24-15-9-8-13(21)11-14(15)23-19(24)7-4-10-22-20(25)18-12-26-16-5-2-3-6-17(16)27-18/h2-3,5-6,8-9,11,18H,4,7,10,12,21H2,1H3,(H,22,25)/t18-/m0/s1. The van der Waals surface area contributed by atoms with Crippen molar-refractivity contribution in [2.24, 2.45) is 7.05 Å². The van der Waals surface area contributed by atoms with Gasteiger partial charge in [0.25, 0.3) is 5.91 Å². The Labute approximate surface area is 157 Å². The summed E-state index contributed by atoms with van der Waals surface area (Å²) < 4.78 is 13.4. The van der Waals surface area contributed by atoms with Crippen molar-refractivity contribution in [2.45, 2.75) is 18.9 Å². The van der Waals surface area contributed by atoms with Crippen LogP contribution in [0.25, 0.3) is 11.0 Å². The molecule has 7 heteroatoms. The third-order valence-electron chi connectivity index (χ3n) is 4.67. The first-order valence-corrected chi connectivity index (χ1v) is 8.99. The molecule has 1 aromatic heterocycles. The molecule has 0 aliphatic carbocycles. The molecule has 1 aliphatic rings. The number of para-hydroxylation sites is 2. The highest BCUT2D eigenvalue weighted by Crippen LogP contribution is 2.30. The molecule has 1 aliphatic heterocycles. The summed E-state index contributed by atoms with van der Waals surface area (Å²) in [5.41, 5.74) is 8.47. The first kappa shape index (κ1) is 17.2. The number of carbonyl (C=O) groups is 1. The van der Waals surface area contributed by atoms with Gasteiger partial charge in [0.15, 0.2) is 11.5 Å². The SMILES string of the molecule is Cn1c(CCCNC(=O)[C@@H]2COc3ccccc3O2)nc2cc(N)ccc21. The largest absolute Gasteiger partial charge is 0.485 e. The van der Waals surface area contributed by atoms with Crippen LogP contribution in [0.15, 0.2) is 42.5 Å². The zero-order valence-electron chi connectivity index (χ0n) is 15.1. The van der Waals surface area contributed by atoms with E-state index in [9.17, 15) is 4.79 Å². The van der Waals surface area contributed by atoms with Gasteiger partial charge in [-0.2, -0.15) is 0 Å². The quantitative estimate of drug-likeness (QED) is 0.533.